The Morgan fingerprint density at radius 1 is 1.20 bits per heavy atom. The van der Waals surface area contributed by atoms with Crippen LogP contribution in [0.4, 0.5) is 11.5 Å². The molecule has 1 amide bonds. The van der Waals surface area contributed by atoms with Crippen molar-refractivity contribution in [2.75, 3.05) is 43.1 Å². The maximum atomic E-state index is 13.3. The number of ether oxygens (including phenoxy) is 1. The number of fused-ring (bicyclic) bond motifs is 1. The van der Waals surface area contributed by atoms with Gasteiger partial charge in [-0.15, -0.1) is 0 Å². The third kappa shape index (κ3) is 3.33. The Kier molecular flexibility index (Phi) is 4.89. The van der Waals surface area contributed by atoms with Crippen LogP contribution in [0.25, 0.3) is 0 Å². The summed E-state index contributed by atoms with van der Waals surface area (Å²) in [6, 6.07) is 1.83. The molecule has 0 saturated carbocycles. The highest BCUT2D eigenvalue weighted by Gasteiger charge is 2.37. The third-order valence-corrected chi connectivity index (χ3v) is 6.53. The number of carbonyl (C=O) groups excluding carboxylic acids is 1. The molecule has 0 bridgehead atoms. The highest BCUT2D eigenvalue weighted by Crippen LogP contribution is 2.35. The molecule has 0 radical (unpaired) electrons. The largest absolute Gasteiger partial charge is 0.481 e. The molecule has 0 N–H and O–H groups in total. The van der Waals surface area contributed by atoms with Crippen molar-refractivity contribution in [2.45, 2.75) is 32.9 Å². The van der Waals surface area contributed by atoms with E-state index in [0.717, 1.165) is 54.6 Å². The molecule has 0 aliphatic carbocycles. The summed E-state index contributed by atoms with van der Waals surface area (Å²) in [5.74, 6) is 2.43. The van der Waals surface area contributed by atoms with E-state index in [1.807, 2.05) is 17.9 Å². The van der Waals surface area contributed by atoms with Crippen molar-refractivity contribution in [3.63, 3.8) is 0 Å². The van der Waals surface area contributed by atoms with E-state index in [9.17, 15) is 4.79 Å². The zero-order valence-corrected chi connectivity index (χ0v) is 18.0. The summed E-state index contributed by atoms with van der Waals surface area (Å²) in [5.41, 5.74) is 2.98. The van der Waals surface area contributed by atoms with Crippen LogP contribution in [0.2, 0.25) is 5.02 Å². The molecule has 8 nitrogen and oxygen atoms in total. The number of carbonyl (C=O) groups is 1. The summed E-state index contributed by atoms with van der Waals surface area (Å²) in [7, 11) is 1.58. The van der Waals surface area contributed by atoms with Crippen molar-refractivity contribution in [2.24, 2.45) is 5.92 Å². The molecule has 1 atom stereocenters. The first-order valence-corrected chi connectivity index (χ1v) is 10.8. The first-order chi connectivity index (χ1) is 14.5. The standard InChI is InChI=1S/C21H25ClN6O2/c1-13-24-17-12-28(11-15(17)20(25-13)26-5-3-6-26)21(29)14-4-7-27(10-14)18-8-19(30-2)23-9-16(18)22/h8-9,14H,3-7,10-12H2,1-2H3/t14-/m1/s1. The van der Waals surface area contributed by atoms with Gasteiger partial charge in [0.25, 0.3) is 0 Å². The molecule has 2 fully saturated rings. The first-order valence-electron chi connectivity index (χ1n) is 10.4. The van der Waals surface area contributed by atoms with Gasteiger partial charge in [-0.1, -0.05) is 11.6 Å². The van der Waals surface area contributed by atoms with Gasteiger partial charge in [0, 0.05) is 37.8 Å². The fraction of sp³-hybridized carbons (Fsp3) is 0.524. The molecular weight excluding hydrogens is 404 g/mol. The van der Waals surface area contributed by atoms with Crippen LogP contribution in [0.5, 0.6) is 5.88 Å². The highest BCUT2D eigenvalue weighted by atomic mass is 35.5. The van der Waals surface area contributed by atoms with Crippen molar-refractivity contribution in [3.8, 4) is 5.88 Å². The zero-order chi connectivity index (χ0) is 20.8. The Morgan fingerprint density at radius 3 is 2.77 bits per heavy atom. The van der Waals surface area contributed by atoms with Gasteiger partial charge in [-0.25, -0.2) is 15.0 Å². The lowest BCUT2D eigenvalue weighted by atomic mass is 10.1. The monoisotopic (exact) mass is 428 g/mol. The molecule has 0 unspecified atom stereocenters. The fourth-order valence-corrected chi connectivity index (χ4v) is 4.73. The number of halogens is 1. The van der Waals surface area contributed by atoms with Crippen molar-refractivity contribution >= 4 is 29.0 Å². The van der Waals surface area contributed by atoms with Gasteiger partial charge >= 0.3 is 0 Å². The summed E-state index contributed by atoms with van der Waals surface area (Å²) in [4.78, 5) is 33.1. The first kappa shape index (κ1) is 19.4. The fourth-order valence-electron chi connectivity index (χ4n) is 4.51. The molecular formula is C21H25ClN6O2. The molecule has 2 aromatic heterocycles. The quantitative estimate of drug-likeness (QED) is 0.740. The van der Waals surface area contributed by atoms with Crippen molar-refractivity contribution in [1.29, 1.82) is 0 Å². The second kappa shape index (κ2) is 7.58. The van der Waals surface area contributed by atoms with Crippen LogP contribution in [0.15, 0.2) is 12.3 Å². The van der Waals surface area contributed by atoms with Gasteiger partial charge < -0.3 is 19.4 Å². The normalized spacial score (nSPS) is 20.4. The van der Waals surface area contributed by atoms with Crippen molar-refractivity contribution in [3.05, 3.63) is 34.4 Å². The average Bonchev–Trinajstić information content (AvgIpc) is 3.34. The van der Waals surface area contributed by atoms with Crippen molar-refractivity contribution in [1.82, 2.24) is 19.9 Å². The molecule has 0 spiro atoms. The van der Waals surface area contributed by atoms with Gasteiger partial charge in [-0.3, -0.25) is 4.79 Å². The highest BCUT2D eigenvalue weighted by molar-refractivity contribution is 6.33. The van der Waals surface area contributed by atoms with Gasteiger partial charge in [0.2, 0.25) is 11.8 Å². The molecule has 3 aliphatic rings. The molecule has 2 aromatic rings. The van der Waals surface area contributed by atoms with Crippen LogP contribution >= 0.6 is 11.6 Å². The lowest BCUT2D eigenvalue weighted by molar-refractivity contribution is -0.135. The molecule has 3 aliphatic heterocycles. The number of amides is 1. The van der Waals surface area contributed by atoms with Gasteiger partial charge in [0.1, 0.15) is 11.6 Å². The van der Waals surface area contributed by atoms with E-state index < -0.39 is 0 Å². The van der Waals surface area contributed by atoms with Crippen LogP contribution in [-0.2, 0) is 17.9 Å². The van der Waals surface area contributed by atoms with Gasteiger partial charge in [0.05, 0.1) is 48.7 Å². The number of pyridine rings is 1. The van der Waals surface area contributed by atoms with E-state index >= 15 is 0 Å². The van der Waals surface area contributed by atoms with Crippen LogP contribution in [-0.4, -0.2) is 59.0 Å². The number of aromatic nitrogens is 3. The summed E-state index contributed by atoms with van der Waals surface area (Å²) in [5, 5.41) is 0.572. The number of hydrogen-bond acceptors (Lipinski definition) is 7. The zero-order valence-electron chi connectivity index (χ0n) is 17.3. The molecule has 2 saturated heterocycles. The summed E-state index contributed by atoms with van der Waals surface area (Å²) >= 11 is 6.35. The Labute approximate surface area is 180 Å². The Hall–Kier alpha value is -2.61. The van der Waals surface area contributed by atoms with Gasteiger partial charge in [0.15, 0.2) is 0 Å². The van der Waals surface area contributed by atoms with Crippen LogP contribution in [0.1, 0.15) is 29.9 Å². The number of hydrogen-bond donors (Lipinski definition) is 0. The minimum Gasteiger partial charge on any atom is -0.481 e. The number of methoxy groups -OCH3 is 1. The van der Waals surface area contributed by atoms with Crippen LogP contribution in [0, 0.1) is 12.8 Å². The number of nitrogens with zero attached hydrogens (tertiary/aromatic N) is 6. The van der Waals surface area contributed by atoms with Crippen LogP contribution < -0.4 is 14.5 Å². The van der Waals surface area contributed by atoms with E-state index in [1.165, 1.54) is 6.42 Å². The molecule has 9 heteroatoms. The smallest absolute Gasteiger partial charge is 0.228 e. The summed E-state index contributed by atoms with van der Waals surface area (Å²) in [6.07, 6.45) is 3.59. The molecule has 30 heavy (non-hydrogen) atoms. The third-order valence-electron chi connectivity index (χ3n) is 6.24. The maximum Gasteiger partial charge on any atom is 0.228 e. The average molecular weight is 429 g/mol. The van der Waals surface area contributed by atoms with Crippen molar-refractivity contribution < 1.29 is 9.53 Å². The number of rotatable bonds is 4. The molecule has 5 heterocycles. The van der Waals surface area contributed by atoms with E-state index in [4.69, 9.17) is 16.3 Å². The van der Waals surface area contributed by atoms with Gasteiger partial charge in [-0.05, 0) is 19.8 Å². The second-order valence-electron chi connectivity index (χ2n) is 8.16. The SMILES string of the molecule is COc1cc(N2CC[C@@H](C(=O)N3Cc4nc(C)nc(N5CCC5)c4C3)C2)c(Cl)cn1. The van der Waals surface area contributed by atoms with Crippen LogP contribution in [0.3, 0.4) is 0 Å². The lowest BCUT2D eigenvalue weighted by Crippen LogP contribution is -2.39. The Bertz CT molecular complexity index is 996. The second-order valence-corrected chi connectivity index (χ2v) is 8.57. The minimum absolute atomic E-state index is 0.0592. The topological polar surface area (TPSA) is 74.7 Å². The summed E-state index contributed by atoms with van der Waals surface area (Å²) < 4.78 is 5.23. The predicted molar refractivity (Wildman–Crippen MR) is 114 cm³/mol. The van der Waals surface area contributed by atoms with Gasteiger partial charge in [-0.2, -0.15) is 0 Å². The molecule has 158 valence electrons. The van der Waals surface area contributed by atoms with E-state index in [2.05, 4.69) is 24.8 Å². The Balaban J connectivity index is 1.30. The van der Waals surface area contributed by atoms with E-state index in [0.29, 0.717) is 30.5 Å². The van der Waals surface area contributed by atoms with E-state index in [-0.39, 0.29) is 11.8 Å². The minimum atomic E-state index is -0.0592. The number of aryl methyl sites for hydroxylation is 1. The molecule has 5 rings (SSSR count). The molecule has 0 aromatic carbocycles. The number of anilines is 2. The van der Waals surface area contributed by atoms with E-state index in [1.54, 1.807) is 13.3 Å². The maximum absolute atomic E-state index is 13.3. The lowest BCUT2D eigenvalue weighted by Gasteiger charge is -2.33. The summed E-state index contributed by atoms with van der Waals surface area (Å²) in [6.45, 7) is 6.58. The predicted octanol–water partition coefficient (Wildman–Crippen LogP) is 2.42. The Morgan fingerprint density at radius 2 is 2.03 bits per heavy atom.